The van der Waals surface area contributed by atoms with Gasteiger partial charge in [0.1, 0.15) is 5.76 Å². The van der Waals surface area contributed by atoms with Gasteiger partial charge in [0.15, 0.2) is 5.76 Å². The molecule has 1 saturated heterocycles. The lowest BCUT2D eigenvalue weighted by molar-refractivity contribution is 0.0711. The molecular formula is C25H29N3O2. The monoisotopic (exact) mass is 403 g/mol. The number of aryl methyl sites for hydroxylation is 1. The summed E-state index contributed by atoms with van der Waals surface area (Å²) in [4.78, 5) is 19.3. The first-order valence-electron chi connectivity index (χ1n) is 10.5. The molecular weight excluding hydrogens is 374 g/mol. The van der Waals surface area contributed by atoms with E-state index in [0.717, 1.165) is 25.4 Å². The molecule has 0 unspecified atom stereocenters. The molecule has 0 aliphatic carbocycles. The molecule has 0 radical (unpaired) electrons. The summed E-state index contributed by atoms with van der Waals surface area (Å²) in [6.45, 7) is 6.73. The highest BCUT2D eigenvalue weighted by molar-refractivity contribution is 5.91. The summed E-state index contributed by atoms with van der Waals surface area (Å²) in [7, 11) is 2.06. The van der Waals surface area contributed by atoms with Gasteiger partial charge in [-0.1, -0.05) is 48.5 Å². The van der Waals surface area contributed by atoms with Crippen molar-refractivity contribution in [2.24, 2.45) is 0 Å². The van der Waals surface area contributed by atoms with Gasteiger partial charge < -0.3 is 14.2 Å². The third-order valence-corrected chi connectivity index (χ3v) is 5.62. The number of piperazine rings is 1. The van der Waals surface area contributed by atoms with Crippen molar-refractivity contribution in [3.63, 3.8) is 0 Å². The van der Waals surface area contributed by atoms with E-state index in [0.29, 0.717) is 25.4 Å². The molecule has 0 atom stereocenters. The number of furan rings is 1. The predicted octanol–water partition coefficient (Wildman–Crippen LogP) is 4.18. The van der Waals surface area contributed by atoms with E-state index < -0.39 is 0 Å². The topological polar surface area (TPSA) is 39.9 Å². The Morgan fingerprint density at radius 2 is 1.60 bits per heavy atom. The second kappa shape index (κ2) is 9.18. The molecule has 1 fully saturated rings. The van der Waals surface area contributed by atoms with E-state index in [-0.39, 0.29) is 5.91 Å². The Morgan fingerprint density at radius 3 is 2.33 bits per heavy atom. The summed E-state index contributed by atoms with van der Waals surface area (Å²) in [5.41, 5.74) is 3.79. The van der Waals surface area contributed by atoms with Crippen molar-refractivity contribution >= 4 is 11.6 Å². The van der Waals surface area contributed by atoms with Crippen molar-refractivity contribution in [2.75, 3.05) is 38.1 Å². The van der Waals surface area contributed by atoms with Crippen LogP contribution in [0.25, 0.3) is 0 Å². The summed E-state index contributed by atoms with van der Waals surface area (Å²) in [6.07, 6.45) is 0. The lowest BCUT2D eigenvalue weighted by Gasteiger charge is -2.36. The number of nitrogens with zero attached hydrogens (tertiary/aromatic N) is 3. The summed E-state index contributed by atoms with van der Waals surface area (Å²) >= 11 is 0. The third kappa shape index (κ3) is 4.74. The van der Waals surface area contributed by atoms with Crippen LogP contribution in [0.15, 0.2) is 71.1 Å². The van der Waals surface area contributed by atoms with E-state index in [9.17, 15) is 4.79 Å². The van der Waals surface area contributed by atoms with Crippen LogP contribution in [0.1, 0.15) is 27.4 Å². The molecule has 30 heavy (non-hydrogen) atoms. The van der Waals surface area contributed by atoms with Crippen LogP contribution in [0, 0.1) is 6.92 Å². The molecule has 2 heterocycles. The van der Waals surface area contributed by atoms with Crippen LogP contribution in [0.3, 0.4) is 0 Å². The van der Waals surface area contributed by atoms with Gasteiger partial charge in [-0.2, -0.15) is 0 Å². The van der Waals surface area contributed by atoms with E-state index in [2.05, 4.69) is 60.2 Å². The van der Waals surface area contributed by atoms with Crippen LogP contribution in [-0.4, -0.2) is 48.9 Å². The molecule has 0 N–H and O–H groups in total. The molecule has 5 heteroatoms. The lowest BCUT2D eigenvalue weighted by atomic mass is 10.1. The number of hydrogen-bond acceptors (Lipinski definition) is 4. The van der Waals surface area contributed by atoms with Gasteiger partial charge in [-0.05, 0) is 43.3 Å². The Kier molecular flexibility index (Phi) is 6.19. The lowest BCUT2D eigenvalue weighted by Crippen LogP contribution is -2.48. The largest absolute Gasteiger partial charge is 0.455 e. The molecule has 5 nitrogen and oxygen atoms in total. The van der Waals surface area contributed by atoms with Gasteiger partial charge >= 0.3 is 0 Å². The molecule has 1 aliphatic rings. The zero-order valence-corrected chi connectivity index (χ0v) is 17.8. The zero-order valence-electron chi connectivity index (χ0n) is 17.8. The first-order valence-corrected chi connectivity index (χ1v) is 10.5. The third-order valence-electron chi connectivity index (χ3n) is 5.62. The zero-order chi connectivity index (χ0) is 20.9. The normalized spacial score (nSPS) is 14.4. The van der Waals surface area contributed by atoms with Crippen molar-refractivity contribution in [2.45, 2.75) is 20.0 Å². The summed E-state index contributed by atoms with van der Waals surface area (Å²) < 4.78 is 5.89. The van der Waals surface area contributed by atoms with Gasteiger partial charge in [0.2, 0.25) is 0 Å². The molecule has 0 spiro atoms. The minimum absolute atomic E-state index is 0.0172. The van der Waals surface area contributed by atoms with E-state index in [1.165, 1.54) is 16.8 Å². The van der Waals surface area contributed by atoms with Crippen LogP contribution in [-0.2, 0) is 13.1 Å². The fourth-order valence-electron chi connectivity index (χ4n) is 4.02. The summed E-state index contributed by atoms with van der Waals surface area (Å²) in [6, 6.07) is 22.5. The minimum Gasteiger partial charge on any atom is -0.455 e. The van der Waals surface area contributed by atoms with Crippen LogP contribution < -0.4 is 4.90 Å². The maximum atomic E-state index is 12.9. The minimum atomic E-state index is -0.0172. The maximum Gasteiger partial charge on any atom is 0.289 e. The highest BCUT2D eigenvalue weighted by atomic mass is 16.4. The Morgan fingerprint density at radius 1 is 0.900 bits per heavy atom. The average Bonchev–Trinajstić information content (AvgIpc) is 3.23. The second-order valence-corrected chi connectivity index (χ2v) is 7.99. The average molecular weight is 404 g/mol. The van der Waals surface area contributed by atoms with Gasteiger partial charge in [-0.15, -0.1) is 0 Å². The molecule has 1 amide bonds. The second-order valence-electron chi connectivity index (χ2n) is 7.99. The quantitative estimate of drug-likeness (QED) is 0.619. The van der Waals surface area contributed by atoms with Gasteiger partial charge in [0.25, 0.3) is 5.91 Å². The number of amides is 1. The first kappa shape index (κ1) is 20.2. The molecule has 156 valence electrons. The van der Waals surface area contributed by atoms with E-state index in [4.69, 9.17) is 4.42 Å². The van der Waals surface area contributed by atoms with Gasteiger partial charge in [-0.3, -0.25) is 9.69 Å². The molecule has 3 aromatic rings. The number of carbonyl (C=O) groups is 1. The van der Waals surface area contributed by atoms with E-state index in [1.54, 1.807) is 0 Å². The predicted molar refractivity (Wildman–Crippen MR) is 120 cm³/mol. The number of benzene rings is 2. The SMILES string of the molecule is Cc1ccccc1N1CCN(C(=O)c2ccc(CN(C)Cc3ccccc3)o2)CC1. The van der Waals surface area contributed by atoms with Crippen LogP contribution >= 0.6 is 0 Å². The van der Waals surface area contributed by atoms with E-state index in [1.807, 2.05) is 35.2 Å². The number of carbonyl (C=O) groups excluding carboxylic acids is 1. The first-order chi connectivity index (χ1) is 14.6. The van der Waals surface area contributed by atoms with Crippen LogP contribution in [0.2, 0.25) is 0 Å². The van der Waals surface area contributed by atoms with Crippen molar-refractivity contribution in [3.8, 4) is 0 Å². The number of hydrogen-bond donors (Lipinski definition) is 0. The van der Waals surface area contributed by atoms with E-state index >= 15 is 0 Å². The highest BCUT2D eigenvalue weighted by Crippen LogP contribution is 2.22. The molecule has 0 bridgehead atoms. The fourth-order valence-corrected chi connectivity index (χ4v) is 4.02. The Bertz CT molecular complexity index is 975. The summed E-state index contributed by atoms with van der Waals surface area (Å²) in [5, 5.41) is 0. The van der Waals surface area contributed by atoms with Gasteiger partial charge in [0.05, 0.1) is 6.54 Å². The Labute approximate surface area is 178 Å². The Balaban J connectivity index is 1.31. The van der Waals surface area contributed by atoms with Crippen molar-refractivity contribution < 1.29 is 9.21 Å². The maximum absolute atomic E-state index is 12.9. The van der Waals surface area contributed by atoms with Crippen LogP contribution in [0.4, 0.5) is 5.69 Å². The molecule has 2 aromatic carbocycles. The van der Waals surface area contributed by atoms with Crippen molar-refractivity contribution in [1.82, 2.24) is 9.80 Å². The number of para-hydroxylation sites is 1. The Hall–Kier alpha value is -3.05. The molecule has 1 aromatic heterocycles. The highest BCUT2D eigenvalue weighted by Gasteiger charge is 2.25. The number of anilines is 1. The van der Waals surface area contributed by atoms with Gasteiger partial charge in [0, 0.05) is 38.4 Å². The smallest absolute Gasteiger partial charge is 0.289 e. The standard InChI is InChI=1S/C25H29N3O2/c1-20-8-6-7-11-23(20)27-14-16-28(17-15-27)25(29)24-13-12-22(30-24)19-26(2)18-21-9-4-3-5-10-21/h3-13H,14-19H2,1-2H3. The molecule has 0 saturated carbocycles. The number of rotatable bonds is 6. The van der Waals surface area contributed by atoms with Crippen molar-refractivity contribution in [3.05, 3.63) is 89.4 Å². The fraction of sp³-hybridized carbons (Fsp3) is 0.320. The van der Waals surface area contributed by atoms with Crippen molar-refractivity contribution in [1.29, 1.82) is 0 Å². The molecule has 4 rings (SSSR count). The summed E-state index contributed by atoms with van der Waals surface area (Å²) in [5.74, 6) is 1.23. The van der Waals surface area contributed by atoms with Gasteiger partial charge in [-0.25, -0.2) is 0 Å². The van der Waals surface area contributed by atoms with Crippen LogP contribution in [0.5, 0.6) is 0 Å². The molecule has 1 aliphatic heterocycles.